The van der Waals surface area contributed by atoms with Crippen molar-refractivity contribution in [3.05, 3.63) is 102 Å². The molecule has 0 spiro atoms. The largest absolute Gasteiger partial charge is 0.508 e. The lowest BCUT2D eigenvalue weighted by Gasteiger charge is -2.36. The number of hydrogen-bond donors (Lipinski definition) is 17. The van der Waals surface area contributed by atoms with Crippen molar-refractivity contribution >= 4 is 164 Å². The number of carbonyl (C=O) groups excluding carboxylic acids is 22. The summed E-state index contributed by atoms with van der Waals surface area (Å²) in [7, 11) is 6.77. The summed E-state index contributed by atoms with van der Waals surface area (Å²) in [5.41, 5.74) is 13.2. The number of para-hydroxylation sites is 2. The van der Waals surface area contributed by atoms with Crippen LogP contribution in [0.1, 0.15) is 149 Å². The SMILES string of the molecule is CCCC[C@H]1C(=O)N(C)[C@@H](CCCC)C(=O)N[C@@H](CC(C)C)C(=O)N[C@H](C(=O)NCC(N)=O)CSCC(=O)N[C@@H](Cc2ccc(O)cc2)C(=O)N(C)[C@@H](C)C(=O)N[C@@H](CC(N)=O)C(=O)N2CCC[C@H]2C(=O)N[C@@H](CNC(=O)C(=O)OC)C(=O)N[C@@H](CC(C)C)C(=O)N2C[C@H](O)C[C@H]2C(=O)N[C@@H](Cc2c[nH]c3ccccc23)C(=O)N[C@@H](CCNC(=O)C(=O)OC)C(=O)N[C@@H](Cc2cn(CC(=O)OC)c3ccccc23)C(=O)N1C. The first-order valence-corrected chi connectivity index (χ1v) is 49.8. The Hall–Kier alpha value is -14.8. The zero-order valence-corrected chi connectivity index (χ0v) is 85.5. The second-order valence-corrected chi connectivity index (χ2v) is 38.4. The lowest BCUT2D eigenvalue weighted by Crippen LogP contribution is -2.62. The van der Waals surface area contributed by atoms with Gasteiger partial charge in [0.1, 0.15) is 96.9 Å². The van der Waals surface area contributed by atoms with Crippen LogP contribution < -0.4 is 75.3 Å². The zero-order chi connectivity index (χ0) is 108. The van der Waals surface area contributed by atoms with Crippen LogP contribution in [-0.2, 0) is 145 Å². The fourth-order valence-electron chi connectivity index (χ4n) is 17.5. The summed E-state index contributed by atoms with van der Waals surface area (Å²) in [5, 5.41) is 53.5. The molecule has 3 saturated heterocycles. The summed E-state index contributed by atoms with van der Waals surface area (Å²) >= 11 is 0.751. The first-order valence-electron chi connectivity index (χ1n) is 48.7. The summed E-state index contributed by atoms with van der Waals surface area (Å²) in [6.45, 7) is 8.17. The van der Waals surface area contributed by atoms with E-state index in [0.717, 1.165) is 50.5 Å². The van der Waals surface area contributed by atoms with Crippen molar-refractivity contribution in [2.75, 3.05) is 86.7 Å². The molecule has 0 unspecified atom stereocenters. The molecule has 5 heterocycles. The molecule has 5 aromatic rings. The lowest BCUT2D eigenvalue weighted by molar-refractivity contribution is -0.152. The molecule has 0 aliphatic carbocycles. The molecule has 19 amide bonds. The number of ether oxygens (including phenoxy) is 3. The van der Waals surface area contributed by atoms with E-state index in [1.54, 1.807) is 82.4 Å². The van der Waals surface area contributed by atoms with Crippen molar-refractivity contribution in [2.24, 2.45) is 23.3 Å². The number of carbonyl (C=O) groups is 22. The second kappa shape index (κ2) is 56.0. The van der Waals surface area contributed by atoms with Crippen molar-refractivity contribution in [3.63, 3.8) is 0 Å². The monoisotopic (exact) mass is 2070 g/mol. The minimum Gasteiger partial charge on any atom is -0.508 e. The van der Waals surface area contributed by atoms with E-state index >= 15 is 38.4 Å². The maximum absolute atomic E-state index is 16.2. The minimum atomic E-state index is -1.97. The van der Waals surface area contributed by atoms with Gasteiger partial charge in [-0.1, -0.05) is 116 Å². The molecule has 3 aliphatic rings. The predicted octanol–water partition coefficient (Wildman–Crippen LogP) is -3.49. The summed E-state index contributed by atoms with van der Waals surface area (Å²) in [6, 6.07) is -4.48. The van der Waals surface area contributed by atoms with E-state index in [9.17, 15) is 77.3 Å². The van der Waals surface area contributed by atoms with Crippen molar-refractivity contribution in [2.45, 2.75) is 248 Å². The van der Waals surface area contributed by atoms with Crippen LogP contribution in [0, 0.1) is 11.8 Å². The highest BCUT2D eigenvalue weighted by molar-refractivity contribution is 8.00. The number of aromatic nitrogens is 2. The van der Waals surface area contributed by atoms with Crippen LogP contribution in [0.25, 0.3) is 21.8 Å². The van der Waals surface area contributed by atoms with Crippen molar-refractivity contribution in [3.8, 4) is 5.75 Å². The smallest absolute Gasteiger partial charge is 0.396 e. The Labute approximate surface area is 853 Å². The Morgan fingerprint density at radius 2 is 1.05 bits per heavy atom. The molecule has 19 N–H and O–H groups in total. The number of aliphatic hydroxyl groups is 1. The molecule has 48 nitrogen and oxygen atoms in total. The number of fused-ring (bicyclic) bond motifs is 4. The maximum atomic E-state index is 16.2. The second-order valence-electron chi connectivity index (χ2n) is 37.4. The van der Waals surface area contributed by atoms with Crippen LogP contribution >= 0.6 is 11.8 Å². The van der Waals surface area contributed by atoms with Crippen LogP contribution in [0.5, 0.6) is 5.75 Å². The van der Waals surface area contributed by atoms with Gasteiger partial charge in [-0.15, -0.1) is 11.8 Å². The first-order chi connectivity index (χ1) is 69.7. The number of rotatable bonds is 28. The molecule has 0 saturated carbocycles. The number of amides is 19. The van der Waals surface area contributed by atoms with Gasteiger partial charge in [0.15, 0.2) is 0 Å². The first kappa shape index (κ1) is 117. The summed E-state index contributed by atoms with van der Waals surface area (Å²) < 4.78 is 15.8. The standard InChI is InChI=1S/C98H137N21O27S/c1-14-16-26-73-87(132)107-64(37-52(3)4)84(129)113-71(82(127)104-46-78(100)123)50-147-51-79(124)105-67(39-55-30-32-58(120)33-31-55)92(137)114(8)54(7)81(126)109-69(43-77(99)122)94(139)118-36-22-29-74(118)88(133)112-70(45-103-91(136)98(143)146-13)86(131)110-66(38-53(5)6)95(140)119-48-59(121)42-76(119)89(134)108-65(40-56-44-102-62-25-20-18-23-60(56)62)85(130)106-63(34-35-101-90(135)97(142)145-12)83(128)111-68(93(138)116(10)75(27-17-15-2)96(141)115(73)9)41-57-47-117(49-80(125)144-11)72-28-21-19-24-61(57)72/h18-21,23-25,28,30-33,44,47,52-54,59,63-71,73-76,102,120-121H,14-17,22,26-27,29,34-43,45-46,48-51H2,1-13H3,(H2,99,122)(H2,100,123)(H,101,135)(H,103,136)(H,104,127)(H,105,124)(H,106,130)(H,107,132)(H,108,134)(H,109,126)(H,110,131)(H,111,128)(H,112,133)(H,113,129)/t54-,59+,63-,64-,65-,66-,67-,68-,69-,70-,71-,73-,74-,75-,76-/m0/s1. The molecular weight excluding hydrogens is 1940 g/mol. The van der Waals surface area contributed by atoms with Crippen LogP contribution in [0.4, 0.5) is 0 Å². The molecule has 2 aromatic heterocycles. The number of nitrogens with one attached hydrogen (secondary N) is 13. The number of benzene rings is 3. The van der Waals surface area contributed by atoms with Crippen molar-refractivity contribution in [1.29, 1.82) is 0 Å². The fourth-order valence-corrected chi connectivity index (χ4v) is 18.4. The number of phenolic OH excluding ortho intramolecular Hbond substituents is 1. The summed E-state index contributed by atoms with van der Waals surface area (Å²) in [5.74, 6) is -25.8. The molecule has 0 radical (unpaired) electrons. The molecule has 3 fully saturated rings. The number of nitrogens with zero attached hydrogens (tertiary/aromatic N) is 6. The third-order valence-electron chi connectivity index (χ3n) is 25.5. The normalized spacial score (nSPS) is 23.6. The molecule has 802 valence electrons. The van der Waals surface area contributed by atoms with E-state index in [1.165, 1.54) is 70.2 Å². The molecular formula is C98H137N21O27S. The molecule has 3 aromatic carbocycles. The topological polar surface area (TPSA) is 677 Å². The van der Waals surface area contributed by atoms with E-state index in [4.69, 9.17) is 16.2 Å². The number of thioether (sulfide) groups is 1. The predicted molar refractivity (Wildman–Crippen MR) is 531 cm³/mol. The van der Waals surface area contributed by atoms with Crippen LogP contribution in [0.15, 0.2) is 85.2 Å². The molecule has 15 atom stereocenters. The number of H-pyrrole nitrogens is 1. The van der Waals surface area contributed by atoms with Gasteiger partial charge in [0.2, 0.25) is 100 Å². The van der Waals surface area contributed by atoms with Crippen molar-refractivity contribution in [1.82, 2.24) is 97.9 Å². The Kier molecular flexibility index (Phi) is 44.8. The molecule has 8 rings (SSSR count). The van der Waals surface area contributed by atoms with Gasteiger partial charge in [-0.2, -0.15) is 0 Å². The van der Waals surface area contributed by atoms with Gasteiger partial charge in [0.25, 0.3) is 0 Å². The Bertz CT molecular complexity index is 5620. The number of hydrogen-bond acceptors (Lipinski definition) is 28. The quantitative estimate of drug-likeness (QED) is 0.0131. The number of aromatic amines is 1. The van der Waals surface area contributed by atoms with E-state index in [0.29, 0.717) is 57.8 Å². The van der Waals surface area contributed by atoms with Gasteiger partial charge < -0.3 is 134 Å². The lowest BCUT2D eigenvalue weighted by atomic mass is 9.99. The number of esters is 3. The molecule has 0 bridgehead atoms. The van der Waals surface area contributed by atoms with Gasteiger partial charge in [-0.25, -0.2) is 9.59 Å². The number of aliphatic hydroxyl groups excluding tert-OH is 1. The zero-order valence-electron chi connectivity index (χ0n) is 84.7. The number of nitrogens with two attached hydrogens (primary N) is 2. The van der Waals surface area contributed by atoms with Gasteiger partial charge in [0, 0.05) is 113 Å². The minimum absolute atomic E-state index is 0.0468. The molecule has 3 aliphatic heterocycles. The summed E-state index contributed by atoms with van der Waals surface area (Å²) in [4.78, 5) is 326. The fraction of sp³-hybridized carbons (Fsp3) is 0.551. The summed E-state index contributed by atoms with van der Waals surface area (Å²) in [6.07, 6.45) is -0.790. The number of likely N-dealkylation sites (N-methyl/N-ethyl adjacent to an activating group) is 3. The molecule has 49 heteroatoms. The highest BCUT2D eigenvalue weighted by Gasteiger charge is 2.47. The number of methoxy groups -OCH3 is 3. The van der Waals surface area contributed by atoms with E-state index in [1.807, 2.05) is 13.8 Å². The Morgan fingerprint density at radius 3 is 1.69 bits per heavy atom. The van der Waals surface area contributed by atoms with E-state index < -0.39 is 297 Å². The van der Waals surface area contributed by atoms with Crippen LogP contribution in [0.2, 0.25) is 0 Å². The third-order valence-corrected chi connectivity index (χ3v) is 26.6. The van der Waals surface area contributed by atoms with Gasteiger partial charge in [-0.3, -0.25) is 95.9 Å². The maximum Gasteiger partial charge on any atom is 0.396 e. The number of primary amides is 2. The number of aromatic hydroxyl groups is 1. The highest BCUT2D eigenvalue weighted by Crippen LogP contribution is 2.29. The number of unbranched alkanes of at least 4 members (excludes halogenated alkanes) is 2. The average Bonchev–Trinajstić information content (AvgIpc) is 1.63. The highest BCUT2D eigenvalue weighted by atomic mass is 32.2. The van der Waals surface area contributed by atoms with E-state index in [-0.39, 0.29) is 76.1 Å². The van der Waals surface area contributed by atoms with E-state index in [2.05, 4.69) is 78.3 Å². The Balaban J connectivity index is 1.27. The molecule has 147 heavy (non-hydrogen) atoms. The van der Waals surface area contributed by atoms with Gasteiger partial charge >= 0.3 is 29.7 Å². The average molecular weight is 2070 g/mol. The number of phenols is 1. The van der Waals surface area contributed by atoms with Crippen LogP contribution in [-0.4, -0.2) is 352 Å². The Morgan fingerprint density at radius 1 is 0.517 bits per heavy atom. The van der Waals surface area contributed by atoms with Crippen LogP contribution in [0.3, 0.4) is 0 Å². The van der Waals surface area contributed by atoms with Crippen molar-refractivity contribution < 1.29 is 130 Å². The third kappa shape index (κ3) is 33.4. The van der Waals surface area contributed by atoms with Gasteiger partial charge in [0.05, 0.1) is 46.2 Å². The van der Waals surface area contributed by atoms with Gasteiger partial charge in [-0.05, 0) is 105 Å².